The van der Waals surface area contributed by atoms with Crippen molar-refractivity contribution in [3.8, 4) is 17.2 Å². The zero-order valence-corrected chi connectivity index (χ0v) is 18.8. The van der Waals surface area contributed by atoms with E-state index in [2.05, 4.69) is 0 Å². The number of anilines is 1. The zero-order chi connectivity index (χ0) is 21.1. The number of ether oxygens (including phenoxy) is 3. The molecule has 1 atom stereocenters. The molecule has 8 heteroatoms. The molecule has 0 radical (unpaired) electrons. The lowest BCUT2D eigenvalue weighted by molar-refractivity contribution is -0.128. The molecule has 0 spiro atoms. The van der Waals surface area contributed by atoms with Crippen molar-refractivity contribution in [2.45, 2.75) is 11.9 Å². The molecule has 1 saturated heterocycles. The molecule has 0 bridgehead atoms. The van der Waals surface area contributed by atoms with Crippen LogP contribution < -0.4 is 19.1 Å². The number of benzene rings is 2. The van der Waals surface area contributed by atoms with Crippen LogP contribution in [-0.2, 0) is 11.3 Å². The normalized spacial score (nSPS) is 16.1. The molecule has 156 valence electrons. The molecular weight excluding hydrogens is 412 g/mol. The Morgan fingerprint density at radius 3 is 2.28 bits per heavy atom. The van der Waals surface area contributed by atoms with Crippen molar-refractivity contribution in [2.24, 2.45) is 0 Å². The van der Waals surface area contributed by atoms with Crippen LogP contribution in [0.2, 0.25) is 5.02 Å². The number of carbonyl (C=O) groups is 1. The predicted octanol–water partition coefficient (Wildman–Crippen LogP) is 4.21. The average molecular weight is 437 g/mol. The fraction of sp³-hybridized carbons (Fsp3) is 0.381. The molecule has 1 heterocycles. The van der Waals surface area contributed by atoms with E-state index in [0.29, 0.717) is 34.6 Å². The summed E-state index contributed by atoms with van der Waals surface area (Å²) in [4.78, 5) is 16.5. The maximum atomic E-state index is 12.6. The maximum Gasteiger partial charge on any atom is 0.234 e. The van der Waals surface area contributed by atoms with Gasteiger partial charge in [-0.1, -0.05) is 17.7 Å². The minimum Gasteiger partial charge on any atom is -0.493 e. The lowest BCUT2D eigenvalue weighted by atomic mass is 10.1. The van der Waals surface area contributed by atoms with E-state index in [1.54, 1.807) is 33.1 Å². The van der Waals surface area contributed by atoms with Crippen molar-refractivity contribution in [2.75, 3.05) is 46.1 Å². The van der Waals surface area contributed by atoms with Gasteiger partial charge in [-0.25, -0.2) is 0 Å². The summed E-state index contributed by atoms with van der Waals surface area (Å²) in [5.74, 6) is 2.14. The molecule has 1 fully saturated rings. The lowest BCUT2D eigenvalue weighted by Gasteiger charge is -2.26. The van der Waals surface area contributed by atoms with Crippen LogP contribution >= 0.6 is 23.4 Å². The second-order valence-corrected chi connectivity index (χ2v) is 8.29. The van der Waals surface area contributed by atoms with Crippen LogP contribution in [0.3, 0.4) is 0 Å². The summed E-state index contributed by atoms with van der Waals surface area (Å²) in [5.41, 5.74) is 2.84. The number of hydrogen-bond donors (Lipinski definition) is 0. The quantitative estimate of drug-likeness (QED) is 0.648. The van der Waals surface area contributed by atoms with Gasteiger partial charge in [0, 0.05) is 36.9 Å². The Morgan fingerprint density at radius 1 is 1.10 bits per heavy atom. The number of amides is 1. The monoisotopic (exact) mass is 436 g/mol. The Hall–Kier alpha value is -2.25. The molecule has 1 unspecified atom stereocenters. The highest BCUT2D eigenvalue weighted by Crippen LogP contribution is 2.44. The van der Waals surface area contributed by atoms with Crippen LogP contribution in [0.15, 0.2) is 30.3 Å². The number of thioether (sulfide) groups is 1. The average Bonchev–Trinajstić information content (AvgIpc) is 3.07. The van der Waals surface area contributed by atoms with Crippen molar-refractivity contribution in [1.82, 2.24) is 4.90 Å². The van der Waals surface area contributed by atoms with E-state index < -0.39 is 0 Å². The van der Waals surface area contributed by atoms with E-state index in [0.717, 1.165) is 16.8 Å². The maximum absolute atomic E-state index is 12.6. The number of rotatable bonds is 7. The number of hydrogen-bond acceptors (Lipinski definition) is 6. The lowest BCUT2D eigenvalue weighted by Crippen LogP contribution is -2.28. The smallest absolute Gasteiger partial charge is 0.234 e. The van der Waals surface area contributed by atoms with Crippen LogP contribution in [0, 0.1) is 0 Å². The number of nitrogens with zero attached hydrogens (tertiary/aromatic N) is 2. The molecule has 0 N–H and O–H groups in total. The third-order valence-electron chi connectivity index (χ3n) is 4.81. The first-order valence-corrected chi connectivity index (χ1v) is 10.5. The van der Waals surface area contributed by atoms with Gasteiger partial charge in [0.05, 0.1) is 27.1 Å². The minimum absolute atomic E-state index is 0.0708. The highest BCUT2D eigenvalue weighted by molar-refractivity contribution is 8.00. The summed E-state index contributed by atoms with van der Waals surface area (Å²) in [7, 11) is 8.65. The zero-order valence-electron chi connectivity index (χ0n) is 17.2. The molecule has 29 heavy (non-hydrogen) atoms. The molecule has 0 saturated carbocycles. The van der Waals surface area contributed by atoms with Gasteiger partial charge in [-0.15, -0.1) is 11.8 Å². The molecule has 1 amide bonds. The molecule has 0 aliphatic carbocycles. The Kier molecular flexibility index (Phi) is 6.70. The minimum atomic E-state index is -0.148. The Bertz CT molecular complexity index is 881. The van der Waals surface area contributed by atoms with E-state index in [-0.39, 0.29) is 11.3 Å². The summed E-state index contributed by atoms with van der Waals surface area (Å²) in [6.45, 7) is 0.416. The first-order valence-electron chi connectivity index (χ1n) is 9.06. The van der Waals surface area contributed by atoms with Crippen molar-refractivity contribution in [3.05, 3.63) is 46.5 Å². The summed E-state index contributed by atoms with van der Waals surface area (Å²) < 4.78 is 16.3. The third-order valence-corrected chi connectivity index (χ3v) is 6.38. The third kappa shape index (κ3) is 4.36. The van der Waals surface area contributed by atoms with E-state index in [4.69, 9.17) is 25.8 Å². The van der Waals surface area contributed by atoms with Gasteiger partial charge in [-0.2, -0.15) is 0 Å². The van der Waals surface area contributed by atoms with E-state index in [1.807, 2.05) is 54.2 Å². The van der Waals surface area contributed by atoms with Crippen molar-refractivity contribution in [3.63, 3.8) is 0 Å². The summed E-state index contributed by atoms with van der Waals surface area (Å²) in [5, 5.41) is 0.503. The van der Waals surface area contributed by atoms with Crippen LogP contribution in [0.5, 0.6) is 17.2 Å². The SMILES string of the molecule is COc1cc(CN2C(=O)CSC2c2ccc(N(C)C)cc2Cl)cc(OC)c1OC. The molecule has 2 aromatic rings. The molecule has 0 aromatic heterocycles. The predicted molar refractivity (Wildman–Crippen MR) is 118 cm³/mol. The van der Waals surface area contributed by atoms with Crippen molar-refractivity contribution in [1.29, 1.82) is 0 Å². The van der Waals surface area contributed by atoms with Crippen LogP contribution in [0.4, 0.5) is 5.69 Å². The molecule has 1 aliphatic rings. The van der Waals surface area contributed by atoms with Gasteiger partial charge in [-0.05, 0) is 29.8 Å². The number of carbonyl (C=O) groups excluding carboxylic acids is 1. The van der Waals surface area contributed by atoms with Crippen molar-refractivity contribution >= 4 is 35.0 Å². The van der Waals surface area contributed by atoms with Gasteiger partial charge in [0.1, 0.15) is 5.37 Å². The van der Waals surface area contributed by atoms with Gasteiger partial charge in [0.25, 0.3) is 0 Å². The van der Waals surface area contributed by atoms with Gasteiger partial charge >= 0.3 is 0 Å². The van der Waals surface area contributed by atoms with E-state index >= 15 is 0 Å². The fourth-order valence-corrected chi connectivity index (χ4v) is 4.87. The van der Waals surface area contributed by atoms with Crippen LogP contribution in [0.25, 0.3) is 0 Å². The number of halogens is 1. The van der Waals surface area contributed by atoms with Gasteiger partial charge < -0.3 is 24.0 Å². The molecule has 1 aliphatic heterocycles. The van der Waals surface area contributed by atoms with Crippen LogP contribution in [-0.4, -0.2) is 52.0 Å². The van der Waals surface area contributed by atoms with Gasteiger partial charge in [0.2, 0.25) is 11.7 Å². The van der Waals surface area contributed by atoms with Gasteiger partial charge in [0.15, 0.2) is 11.5 Å². The molecular formula is C21H25ClN2O4S. The second kappa shape index (κ2) is 9.05. The van der Waals surface area contributed by atoms with Gasteiger partial charge in [-0.3, -0.25) is 4.79 Å². The highest BCUT2D eigenvalue weighted by atomic mass is 35.5. The van der Waals surface area contributed by atoms with E-state index in [1.165, 1.54) is 0 Å². The standard InChI is InChI=1S/C21H25ClN2O4S/c1-23(2)14-6-7-15(16(22)10-14)21-24(19(25)12-29-21)11-13-8-17(26-3)20(28-5)18(9-13)27-4/h6-10,21H,11-12H2,1-5H3. The second-order valence-electron chi connectivity index (χ2n) is 6.82. The molecule has 2 aromatic carbocycles. The molecule has 3 rings (SSSR count). The number of methoxy groups -OCH3 is 3. The summed E-state index contributed by atoms with van der Waals surface area (Å²) in [6, 6.07) is 9.67. The Morgan fingerprint density at radius 2 is 1.76 bits per heavy atom. The first kappa shape index (κ1) is 21.5. The Labute approximate surface area is 180 Å². The molecule has 6 nitrogen and oxygen atoms in total. The van der Waals surface area contributed by atoms with Crippen LogP contribution in [0.1, 0.15) is 16.5 Å². The first-order chi connectivity index (χ1) is 13.9. The topological polar surface area (TPSA) is 51.2 Å². The summed E-state index contributed by atoms with van der Waals surface area (Å²) in [6.07, 6.45) is 0. The Balaban J connectivity index is 1.93. The fourth-order valence-electron chi connectivity index (χ4n) is 3.30. The van der Waals surface area contributed by atoms with E-state index in [9.17, 15) is 4.79 Å². The van der Waals surface area contributed by atoms with Crippen molar-refractivity contribution < 1.29 is 19.0 Å². The highest BCUT2D eigenvalue weighted by Gasteiger charge is 2.34. The largest absolute Gasteiger partial charge is 0.493 e. The summed E-state index contributed by atoms with van der Waals surface area (Å²) >= 11 is 8.15.